The third-order valence-electron chi connectivity index (χ3n) is 4.45. The molecule has 1 N–H and O–H groups in total. The average molecular weight is 376 g/mol. The van der Waals surface area contributed by atoms with Gasteiger partial charge in [-0.15, -0.1) is 0 Å². The molecule has 0 atom stereocenters. The molecule has 0 aliphatic carbocycles. The topological polar surface area (TPSA) is 47.2 Å². The molecular formula is C20H19F3N2O2. The highest BCUT2D eigenvalue weighted by Gasteiger charge is 2.29. The smallest absolute Gasteiger partial charge is 0.416 e. The zero-order valence-corrected chi connectivity index (χ0v) is 14.9. The van der Waals surface area contributed by atoms with Gasteiger partial charge in [0.15, 0.2) is 0 Å². The number of benzene rings is 1. The van der Waals surface area contributed by atoms with E-state index in [1.165, 1.54) is 12.1 Å². The van der Waals surface area contributed by atoms with Crippen LogP contribution in [0.5, 0.6) is 0 Å². The summed E-state index contributed by atoms with van der Waals surface area (Å²) in [7, 11) is 0. The second kappa shape index (κ2) is 7.34. The lowest BCUT2D eigenvalue weighted by molar-refractivity contribution is -0.137. The highest BCUT2D eigenvalue weighted by atomic mass is 19.4. The Morgan fingerprint density at radius 1 is 1.15 bits per heavy atom. The van der Waals surface area contributed by atoms with E-state index in [0.717, 1.165) is 29.3 Å². The van der Waals surface area contributed by atoms with Gasteiger partial charge in [-0.3, -0.25) is 4.79 Å². The van der Waals surface area contributed by atoms with E-state index in [1.54, 1.807) is 18.4 Å². The van der Waals surface area contributed by atoms with Crippen LogP contribution in [-0.4, -0.2) is 10.5 Å². The first kappa shape index (κ1) is 18.8. The number of nitrogens with one attached hydrogen (secondary N) is 1. The molecule has 7 heteroatoms. The molecule has 3 aromatic rings. The zero-order valence-electron chi connectivity index (χ0n) is 14.9. The van der Waals surface area contributed by atoms with Crippen molar-refractivity contribution in [2.45, 2.75) is 33.1 Å². The Bertz CT molecular complexity index is 924. The maximum absolute atomic E-state index is 12.6. The number of aromatic nitrogens is 1. The summed E-state index contributed by atoms with van der Waals surface area (Å²) in [6.45, 7) is 4.43. The van der Waals surface area contributed by atoms with Crippen molar-refractivity contribution in [2.75, 3.05) is 0 Å². The van der Waals surface area contributed by atoms with E-state index >= 15 is 0 Å². The van der Waals surface area contributed by atoms with Crippen molar-refractivity contribution in [2.24, 2.45) is 0 Å². The molecule has 0 bridgehead atoms. The maximum Gasteiger partial charge on any atom is 0.416 e. The van der Waals surface area contributed by atoms with Gasteiger partial charge in [0.05, 0.1) is 23.9 Å². The Hall–Kier alpha value is -2.96. The fourth-order valence-electron chi connectivity index (χ4n) is 2.92. The fourth-order valence-corrected chi connectivity index (χ4v) is 2.92. The Morgan fingerprint density at radius 2 is 1.85 bits per heavy atom. The third kappa shape index (κ3) is 4.24. The zero-order chi connectivity index (χ0) is 19.6. The first-order valence-corrected chi connectivity index (χ1v) is 8.39. The van der Waals surface area contributed by atoms with Gasteiger partial charge in [0.1, 0.15) is 5.76 Å². The Morgan fingerprint density at radius 3 is 2.44 bits per heavy atom. The van der Waals surface area contributed by atoms with E-state index in [9.17, 15) is 18.0 Å². The number of carbonyl (C=O) groups excluding carboxylic acids is 1. The van der Waals surface area contributed by atoms with Gasteiger partial charge in [-0.1, -0.05) is 12.1 Å². The Kier molecular flexibility index (Phi) is 5.12. The maximum atomic E-state index is 12.6. The molecule has 0 spiro atoms. The molecule has 1 aromatic carbocycles. The summed E-state index contributed by atoms with van der Waals surface area (Å²) in [4.78, 5) is 12.5. The van der Waals surface area contributed by atoms with Crippen molar-refractivity contribution in [3.05, 3.63) is 82.6 Å². The molecule has 0 unspecified atom stereocenters. The van der Waals surface area contributed by atoms with Crippen molar-refractivity contribution in [3.63, 3.8) is 0 Å². The predicted molar refractivity (Wildman–Crippen MR) is 94.3 cm³/mol. The van der Waals surface area contributed by atoms with Gasteiger partial charge in [-0.05, 0) is 49.7 Å². The number of aryl methyl sites for hydroxylation is 1. The van der Waals surface area contributed by atoms with E-state index in [-0.39, 0.29) is 12.5 Å². The van der Waals surface area contributed by atoms with Gasteiger partial charge in [-0.2, -0.15) is 13.2 Å². The van der Waals surface area contributed by atoms with Gasteiger partial charge in [0, 0.05) is 17.9 Å². The standard InChI is InChI=1S/C20H19F3N2O2/c1-13-10-18(14(2)25(13)12-17-4-3-9-27-17)19(26)24-11-15-5-7-16(8-6-15)20(21,22)23/h3-10H,11-12H2,1-2H3,(H,24,26). The lowest BCUT2D eigenvalue weighted by Crippen LogP contribution is -2.23. The number of nitrogens with zero attached hydrogens (tertiary/aromatic N) is 1. The molecule has 0 fully saturated rings. The molecule has 2 heterocycles. The average Bonchev–Trinajstić information content (AvgIpc) is 3.23. The van der Waals surface area contributed by atoms with Gasteiger partial charge in [-0.25, -0.2) is 0 Å². The van der Waals surface area contributed by atoms with Crippen LogP contribution in [0.2, 0.25) is 0 Å². The van der Waals surface area contributed by atoms with Gasteiger partial charge >= 0.3 is 6.18 Å². The van der Waals surface area contributed by atoms with E-state index < -0.39 is 11.7 Å². The number of alkyl halides is 3. The Labute approximate surface area is 154 Å². The van der Waals surface area contributed by atoms with Crippen LogP contribution in [-0.2, 0) is 19.3 Å². The molecule has 2 aromatic heterocycles. The molecule has 0 saturated carbocycles. The van der Waals surface area contributed by atoms with Crippen molar-refractivity contribution in [1.29, 1.82) is 0 Å². The predicted octanol–water partition coefficient (Wildman–Crippen LogP) is 4.70. The number of hydrogen-bond acceptors (Lipinski definition) is 2. The van der Waals surface area contributed by atoms with Gasteiger partial charge in [0.2, 0.25) is 0 Å². The molecule has 3 rings (SSSR count). The lowest BCUT2D eigenvalue weighted by atomic mass is 10.1. The summed E-state index contributed by atoms with van der Waals surface area (Å²) in [5.74, 6) is 0.516. The monoisotopic (exact) mass is 376 g/mol. The van der Waals surface area contributed by atoms with Crippen LogP contribution in [0.3, 0.4) is 0 Å². The van der Waals surface area contributed by atoms with Gasteiger partial charge in [0.25, 0.3) is 5.91 Å². The second-order valence-corrected chi connectivity index (χ2v) is 6.33. The quantitative estimate of drug-likeness (QED) is 0.702. The van der Waals surface area contributed by atoms with Crippen LogP contribution in [0, 0.1) is 13.8 Å². The molecule has 0 radical (unpaired) electrons. The van der Waals surface area contributed by atoms with Crippen LogP contribution < -0.4 is 5.32 Å². The van der Waals surface area contributed by atoms with E-state index in [1.807, 2.05) is 24.5 Å². The van der Waals surface area contributed by atoms with Crippen LogP contribution in [0.15, 0.2) is 53.1 Å². The molecule has 0 saturated heterocycles. The van der Waals surface area contributed by atoms with Crippen molar-refractivity contribution in [1.82, 2.24) is 9.88 Å². The minimum absolute atomic E-state index is 0.152. The summed E-state index contributed by atoms with van der Waals surface area (Å²) in [6.07, 6.45) is -2.77. The summed E-state index contributed by atoms with van der Waals surface area (Å²) >= 11 is 0. The largest absolute Gasteiger partial charge is 0.467 e. The molecule has 0 aliphatic rings. The molecule has 0 aliphatic heterocycles. The summed E-state index contributed by atoms with van der Waals surface area (Å²) < 4.78 is 45.1. The fraction of sp³-hybridized carbons (Fsp3) is 0.250. The van der Waals surface area contributed by atoms with Crippen LogP contribution >= 0.6 is 0 Å². The summed E-state index contributed by atoms with van der Waals surface area (Å²) in [5.41, 5.74) is 2.14. The molecule has 1 amide bonds. The summed E-state index contributed by atoms with van der Waals surface area (Å²) in [5, 5.41) is 2.76. The lowest BCUT2D eigenvalue weighted by Gasteiger charge is -2.10. The molecule has 27 heavy (non-hydrogen) atoms. The van der Waals surface area contributed by atoms with Crippen molar-refractivity contribution in [3.8, 4) is 0 Å². The number of carbonyl (C=O) groups is 1. The van der Waals surface area contributed by atoms with Crippen LogP contribution in [0.25, 0.3) is 0 Å². The van der Waals surface area contributed by atoms with E-state index in [0.29, 0.717) is 17.7 Å². The van der Waals surface area contributed by atoms with Gasteiger partial charge < -0.3 is 14.3 Å². The first-order valence-electron chi connectivity index (χ1n) is 8.39. The third-order valence-corrected chi connectivity index (χ3v) is 4.45. The minimum atomic E-state index is -4.37. The number of halogens is 3. The first-order chi connectivity index (χ1) is 12.8. The van der Waals surface area contributed by atoms with Crippen molar-refractivity contribution < 1.29 is 22.4 Å². The molecule has 4 nitrogen and oxygen atoms in total. The second-order valence-electron chi connectivity index (χ2n) is 6.33. The highest BCUT2D eigenvalue weighted by Crippen LogP contribution is 2.29. The molecular weight excluding hydrogens is 357 g/mol. The number of furan rings is 1. The number of rotatable bonds is 5. The number of amides is 1. The number of hydrogen-bond donors (Lipinski definition) is 1. The van der Waals surface area contributed by atoms with E-state index in [2.05, 4.69) is 5.32 Å². The summed E-state index contributed by atoms with van der Waals surface area (Å²) in [6, 6.07) is 10.2. The highest BCUT2D eigenvalue weighted by molar-refractivity contribution is 5.95. The SMILES string of the molecule is Cc1cc(C(=O)NCc2ccc(C(F)(F)F)cc2)c(C)n1Cc1ccco1. The normalized spacial score (nSPS) is 11.6. The minimum Gasteiger partial charge on any atom is -0.467 e. The van der Waals surface area contributed by atoms with Crippen molar-refractivity contribution >= 4 is 5.91 Å². The van der Waals surface area contributed by atoms with Crippen LogP contribution in [0.1, 0.15) is 38.6 Å². The molecule has 142 valence electrons. The Balaban J connectivity index is 1.68. The van der Waals surface area contributed by atoms with Crippen LogP contribution in [0.4, 0.5) is 13.2 Å². The van der Waals surface area contributed by atoms with E-state index in [4.69, 9.17) is 4.42 Å².